The molecule has 6 heteroatoms. The second-order valence-electron chi connectivity index (χ2n) is 4.28. The number of ether oxygens (including phenoxy) is 1. The van der Waals surface area contributed by atoms with Crippen LogP contribution in [0.15, 0.2) is 55.3 Å². The molecule has 0 radical (unpaired) electrons. The zero-order valence-corrected chi connectivity index (χ0v) is 12.0. The van der Waals surface area contributed by atoms with Gasteiger partial charge in [-0.3, -0.25) is 14.6 Å². The molecule has 0 aliphatic carbocycles. The fourth-order valence-corrected chi connectivity index (χ4v) is 1.66. The maximum absolute atomic E-state index is 11.5. The molecule has 0 aliphatic heterocycles. The van der Waals surface area contributed by atoms with E-state index in [1.54, 1.807) is 36.4 Å². The first-order valence-electron chi connectivity index (χ1n) is 6.52. The lowest BCUT2D eigenvalue weighted by atomic mass is 10.3. The van der Waals surface area contributed by atoms with Crippen molar-refractivity contribution in [2.75, 3.05) is 12.4 Å². The van der Waals surface area contributed by atoms with Crippen molar-refractivity contribution in [3.05, 3.63) is 60.9 Å². The van der Waals surface area contributed by atoms with E-state index < -0.39 is 0 Å². The van der Waals surface area contributed by atoms with Gasteiger partial charge in [0.1, 0.15) is 17.2 Å². The van der Waals surface area contributed by atoms with E-state index in [2.05, 4.69) is 22.2 Å². The highest BCUT2D eigenvalue weighted by Crippen LogP contribution is 2.23. The first-order chi connectivity index (χ1) is 10.6. The summed E-state index contributed by atoms with van der Waals surface area (Å²) in [5.41, 5.74) is 0.910. The molecule has 1 heterocycles. The van der Waals surface area contributed by atoms with Gasteiger partial charge in [0.2, 0.25) is 5.91 Å². The first kappa shape index (κ1) is 15.2. The van der Waals surface area contributed by atoms with Crippen LogP contribution < -0.4 is 15.4 Å². The summed E-state index contributed by atoms with van der Waals surface area (Å²) >= 11 is 0. The normalized spacial score (nSPS) is 9.68. The predicted octanol–water partition coefficient (Wildman–Crippen LogP) is 2.36. The fourth-order valence-electron chi connectivity index (χ4n) is 1.66. The molecule has 0 aliphatic rings. The number of amides is 2. The summed E-state index contributed by atoms with van der Waals surface area (Å²) in [7, 11) is 1.54. The van der Waals surface area contributed by atoms with Gasteiger partial charge in [0.25, 0.3) is 5.91 Å². The molecule has 6 nitrogen and oxygen atoms in total. The highest BCUT2D eigenvalue weighted by molar-refractivity contribution is 5.98. The fraction of sp³-hybridized carbons (Fsp3) is 0.0625. The van der Waals surface area contributed by atoms with Crippen molar-refractivity contribution in [1.82, 2.24) is 10.3 Å². The van der Waals surface area contributed by atoms with E-state index in [1.807, 2.05) is 0 Å². The Hall–Kier alpha value is -3.15. The van der Waals surface area contributed by atoms with Gasteiger partial charge in [0.05, 0.1) is 0 Å². The van der Waals surface area contributed by atoms with Gasteiger partial charge in [0.15, 0.2) is 0 Å². The monoisotopic (exact) mass is 297 g/mol. The van der Waals surface area contributed by atoms with E-state index in [0.717, 1.165) is 0 Å². The van der Waals surface area contributed by atoms with Crippen LogP contribution in [0.25, 0.3) is 0 Å². The molecule has 2 aromatic rings. The molecule has 0 unspecified atom stereocenters. The van der Waals surface area contributed by atoms with Gasteiger partial charge in [-0.05, 0) is 36.4 Å². The standard InChI is InChI=1S/C16H15N3O3/c1-3-15(20)19-11-4-6-12(7-5-11)22-13-8-9-18-14(10-13)16(21)17-2/h3-10H,1H2,2H3,(H,17,21)(H,19,20). The Morgan fingerprint density at radius 1 is 1.18 bits per heavy atom. The number of pyridine rings is 1. The highest BCUT2D eigenvalue weighted by atomic mass is 16.5. The van der Waals surface area contributed by atoms with E-state index in [-0.39, 0.29) is 17.5 Å². The number of hydrogen-bond donors (Lipinski definition) is 2. The van der Waals surface area contributed by atoms with Gasteiger partial charge in [-0.1, -0.05) is 6.58 Å². The van der Waals surface area contributed by atoms with Crippen LogP contribution in [0.3, 0.4) is 0 Å². The molecule has 0 fully saturated rings. The molecular formula is C16H15N3O3. The lowest BCUT2D eigenvalue weighted by molar-refractivity contribution is -0.111. The van der Waals surface area contributed by atoms with Crippen molar-refractivity contribution in [1.29, 1.82) is 0 Å². The number of benzene rings is 1. The van der Waals surface area contributed by atoms with Crippen LogP contribution >= 0.6 is 0 Å². The van der Waals surface area contributed by atoms with Gasteiger partial charge >= 0.3 is 0 Å². The summed E-state index contributed by atoms with van der Waals surface area (Å²) in [6, 6.07) is 10.0. The van der Waals surface area contributed by atoms with E-state index in [1.165, 1.54) is 19.3 Å². The van der Waals surface area contributed by atoms with Crippen LogP contribution in [0.5, 0.6) is 11.5 Å². The zero-order chi connectivity index (χ0) is 15.9. The van der Waals surface area contributed by atoms with Crippen LogP contribution in [-0.4, -0.2) is 23.8 Å². The average molecular weight is 297 g/mol. The molecule has 0 saturated carbocycles. The van der Waals surface area contributed by atoms with Crippen LogP contribution in [0.2, 0.25) is 0 Å². The summed E-state index contributed by atoms with van der Waals surface area (Å²) < 4.78 is 5.65. The number of nitrogens with zero attached hydrogens (tertiary/aromatic N) is 1. The summed E-state index contributed by atoms with van der Waals surface area (Å²) in [4.78, 5) is 26.7. The van der Waals surface area contributed by atoms with Crippen molar-refractivity contribution < 1.29 is 14.3 Å². The number of carbonyl (C=O) groups excluding carboxylic acids is 2. The maximum Gasteiger partial charge on any atom is 0.269 e. The van der Waals surface area contributed by atoms with Crippen molar-refractivity contribution in [3.63, 3.8) is 0 Å². The topological polar surface area (TPSA) is 80.3 Å². The summed E-state index contributed by atoms with van der Waals surface area (Å²) in [5.74, 6) is 0.507. The largest absolute Gasteiger partial charge is 0.457 e. The van der Waals surface area contributed by atoms with Crippen LogP contribution in [0.4, 0.5) is 5.69 Å². The zero-order valence-electron chi connectivity index (χ0n) is 12.0. The van der Waals surface area contributed by atoms with Crippen LogP contribution in [0, 0.1) is 0 Å². The number of nitrogens with one attached hydrogen (secondary N) is 2. The predicted molar refractivity (Wildman–Crippen MR) is 83.0 cm³/mol. The highest BCUT2D eigenvalue weighted by Gasteiger charge is 2.06. The lowest BCUT2D eigenvalue weighted by Crippen LogP contribution is -2.18. The van der Waals surface area contributed by atoms with E-state index in [0.29, 0.717) is 17.2 Å². The molecule has 1 aromatic heterocycles. The molecule has 2 rings (SSSR count). The van der Waals surface area contributed by atoms with Gasteiger partial charge in [0, 0.05) is 25.0 Å². The van der Waals surface area contributed by atoms with E-state index in [9.17, 15) is 9.59 Å². The molecule has 0 saturated heterocycles. The van der Waals surface area contributed by atoms with Crippen LogP contribution in [-0.2, 0) is 4.79 Å². The average Bonchev–Trinajstić information content (AvgIpc) is 2.56. The number of rotatable bonds is 5. The van der Waals surface area contributed by atoms with Crippen molar-refractivity contribution in [2.24, 2.45) is 0 Å². The number of anilines is 1. The minimum Gasteiger partial charge on any atom is -0.457 e. The van der Waals surface area contributed by atoms with E-state index in [4.69, 9.17) is 4.74 Å². The lowest BCUT2D eigenvalue weighted by Gasteiger charge is -2.08. The third-order valence-electron chi connectivity index (χ3n) is 2.73. The molecule has 2 N–H and O–H groups in total. The minimum absolute atomic E-state index is 0.273. The van der Waals surface area contributed by atoms with Gasteiger partial charge < -0.3 is 15.4 Å². The molecule has 0 atom stereocenters. The molecule has 0 spiro atoms. The Kier molecular flexibility index (Phi) is 4.87. The second-order valence-corrected chi connectivity index (χ2v) is 4.28. The third kappa shape index (κ3) is 3.92. The summed E-state index contributed by atoms with van der Waals surface area (Å²) in [6.45, 7) is 3.38. The SMILES string of the molecule is C=CC(=O)Nc1ccc(Oc2ccnc(C(=O)NC)c2)cc1. The van der Waals surface area contributed by atoms with Crippen molar-refractivity contribution >= 4 is 17.5 Å². The van der Waals surface area contributed by atoms with Gasteiger partial charge in [-0.25, -0.2) is 0 Å². The molecule has 2 amide bonds. The number of hydrogen-bond acceptors (Lipinski definition) is 4. The first-order valence-corrected chi connectivity index (χ1v) is 6.52. The maximum atomic E-state index is 11.5. The van der Waals surface area contributed by atoms with Gasteiger partial charge in [-0.2, -0.15) is 0 Å². The molecular weight excluding hydrogens is 282 g/mol. The number of aromatic nitrogens is 1. The molecule has 112 valence electrons. The quantitative estimate of drug-likeness (QED) is 0.830. The van der Waals surface area contributed by atoms with Crippen molar-refractivity contribution in [3.8, 4) is 11.5 Å². The van der Waals surface area contributed by atoms with Crippen molar-refractivity contribution in [2.45, 2.75) is 0 Å². The Balaban J connectivity index is 2.09. The molecule has 0 bridgehead atoms. The smallest absolute Gasteiger partial charge is 0.269 e. The summed E-state index contributed by atoms with van der Waals surface area (Å²) in [6.07, 6.45) is 2.69. The second kappa shape index (κ2) is 7.03. The van der Waals surface area contributed by atoms with Gasteiger partial charge in [-0.15, -0.1) is 0 Å². The minimum atomic E-state index is -0.284. The molecule has 1 aromatic carbocycles. The number of carbonyl (C=O) groups is 2. The van der Waals surface area contributed by atoms with Crippen LogP contribution in [0.1, 0.15) is 10.5 Å². The van der Waals surface area contributed by atoms with E-state index >= 15 is 0 Å². The summed E-state index contributed by atoms with van der Waals surface area (Å²) in [5, 5.41) is 5.14. The Labute approximate surface area is 127 Å². The molecule has 22 heavy (non-hydrogen) atoms. The Morgan fingerprint density at radius 3 is 2.55 bits per heavy atom. The Morgan fingerprint density at radius 2 is 1.91 bits per heavy atom. The Bertz CT molecular complexity index is 696. The third-order valence-corrected chi connectivity index (χ3v) is 2.73.